The van der Waals surface area contributed by atoms with Crippen molar-refractivity contribution in [3.63, 3.8) is 0 Å². The van der Waals surface area contributed by atoms with Crippen LogP contribution in [0.15, 0.2) is 0 Å². The summed E-state index contributed by atoms with van der Waals surface area (Å²) in [5.41, 5.74) is 0. The van der Waals surface area contributed by atoms with E-state index in [4.69, 9.17) is 4.74 Å². The first-order chi connectivity index (χ1) is 8.32. The zero-order chi connectivity index (χ0) is 14.1. The SMILES string of the molecule is CC(C)OC(=O)CC(=O)SCCNC(=O)C(C)C. The Hall–Kier alpha value is -1.04. The summed E-state index contributed by atoms with van der Waals surface area (Å²) in [6.07, 6.45) is -0.429. The van der Waals surface area contributed by atoms with Crippen LogP contribution in [0, 0.1) is 5.92 Å². The first kappa shape index (κ1) is 17.0. The Kier molecular flexibility index (Phi) is 8.45. The highest BCUT2D eigenvalue weighted by molar-refractivity contribution is 8.13. The standard InChI is InChI=1S/C12H21NO4S/c1-8(2)12(16)13-5-6-18-11(15)7-10(14)17-9(3)4/h8-9H,5-7H2,1-4H3,(H,13,16). The predicted octanol–water partition coefficient (Wildman–Crippen LogP) is 1.36. The van der Waals surface area contributed by atoms with E-state index in [1.165, 1.54) is 0 Å². The molecule has 0 unspecified atom stereocenters. The Morgan fingerprint density at radius 2 is 1.78 bits per heavy atom. The van der Waals surface area contributed by atoms with Crippen molar-refractivity contribution in [1.29, 1.82) is 0 Å². The molecule has 0 heterocycles. The lowest BCUT2D eigenvalue weighted by Crippen LogP contribution is -2.29. The van der Waals surface area contributed by atoms with Crippen LogP contribution in [0.5, 0.6) is 0 Å². The van der Waals surface area contributed by atoms with Gasteiger partial charge in [0.1, 0.15) is 6.42 Å². The van der Waals surface area contributed by atoms with Gasteiger partial charge in [0.05, 0.1) is 6.10 Å². The third-order valence-electron chi connectivity index (χ3n) is 1.84. The number of esters is 1. The molecule has 0 saturated carbocycles. The summed E-state index contributed by atoms with van der Waals surface area (Å²) in [4.78, 5) is 33.7. The molecule has 0 aliphatic rings. The monoisotopic (exact) mass is 275 g/mol. The molecule has 5 nitrogen and oxygen atoms in total. The molecule has 18 heavy (non-hydrogen) atoms. The van der Waals surface area contributed by atoms with Crippen LogP contribution in [-0.4, -0.2) is 35.4 Å². The Bertz CT molecular complexity index is 302. The first-order valence-corrected chi connectivity index (χ1v) is 6.94. The van der Waals surface area contributed by atoms with Gasteiger partial charge in [-0.1, -0.05) is 25.6 Å². The molecule has 0 aliphatic heterocycles. The number of thioether (sulfide) groups is 1. The molecule has 0 aromatic heterocycles. The summed E-state index contributed by atoms with van der Waals surface area (Å²) in [6.45, 7) is 7.49. The highest BCUT2D eigenvalue weighted by Crippen LogP contribution is 2.06. The van der Waals surface area contributed by atoms with Crippen molar-refractivity contribution >= 4 is 28.8 Å². The van der Waals surface area contributed by atoms with Crippen LogP contribution in [0.2, 0.25) is 0 Å². The molecule has 0 fully saturated rings. The fourth-order valence-corrected chi connectivity index (χ4v) is 1.67. The Balaban J connectivity index is 3.66. The number of hydrogen-bond acceptors (Lipinski definition) is 5. The fourth-order valence-electron chi connectivity index (χ4n) is 1.02. The lowest BCUT2D eigenvalue weighted by atomic mass is 10.2. The molecule has 0 aromatic rings. The van der Waals surface area contributed by atoms with Gasteiger partial charge >= 0.3 is 5.97 Å². The number of carbonyl (C=O) groups is 3. The molecule has 0 atom stereocenters. The van der Waals surface area contributed by atoms with E-state index >= 15 is 0 Å². The van der Waals surface area contributed by atoms with Crippen molar-refractivity contribution in [2.45, 2.75) is 40.2 Å². The van der Waals surface area contributed by atoms with E-state index in [1.807, 2.05) is 0 Å². The second-order valence-electron chi connectivity index (χ2n) is 4.38. The second kappa shape index (κ2) is 8.97. The third kappa shape index (κ3) is 9.04. The minimum absolute atomic E-state index is 0.0396. The van der Waals surface area contributed by atoms with E-state index in [1.54, 1.807) is 27.7 Å². The van der Waals surface area contributed by atoms with Crippen LogP contribution in [0.25, 0.3) is 0 Å². The molecular formula is C12H21NO4S. The van der Waals surface area contributed by atoms with Gasteiger partial charge in [0.15, 0.2) is 5.12 Å². The summed E-state index contributed by atoms with van der Waals surface area (Å²) in [5, 5.41) is 2.46. The highest BCUT2D eigenvalue weighted by atomic mass is 32.2. The van der Waals surface area contributed by atoms with Crippen LogP contribution in [0.3, 0.4) is 0 Å². The molecule has 1 amide bonds. The molecule has 0 bridgehead atoms. The van der Waals surface area contributed by atoms with E-state index in [0.29, 0.717) is 12.3 Å². The minimum atomic E-state index is -0.506. The van der Waals surface area contributed by atoms with Crippen molar-refractivity contribution in [2.75, 3.05) is 12.3 Å². The minimum Gasteiger partial charge on any atom is -0.463 e. The van der Waals surface area contributed by atoms with Gasteiger partial charge in [-0.25, -0.2) is 0 Å². The zero-order valence-electron chi connectivity index (χ0n) is 11.3. The molecule has 0 rings (SSSR count). The first-order valence-electron chi connectivity index (χ1n) is 5.95. The lowest BCUT2D eigenvalue weighted by Gasteiger charge is -2.08. The van der Waals surface area contributed by atoms with Crippen molar-refractivity contribution in [1.82, 2.24) is 5.32 Å². The molecule has 1 N–H and O–H groups in total. The van der Waals surface area contributed by atoms with Gasteiger partial charge < -0.3 is 10.1 Å². The van der Waals surface area contributed by atoms with Crippen LogP contribution < -0.4 is 5.32 Å². The van der Waals surface area contributed by atoms with E-state index in [2.05, 4.69) is 5.32 Å². The van der Waals surface area contributed by atoms with E-state index in [-0.39, 0.29) is 29.5 Å². The maximum absolute atomic E-state index is 11.4. The Morgan fingerprint density at radius 1 is 1.17 bits per heavy atom. The fraction of sp³-hybridized carbons (Fsp3) is 0.750. The van der Waals surface area contributed by atoms with Crippen LogP contribution in [0.1, 0.15) is 34.1 Å². The summed E-state index contributed by atoms with van der Waals surface area (Å²) < 4.78 is 4.85. The van der Waals surface area contributed by atoms with Crippen molar-refractivity contribution in [3.8, 4) is 0 Å². The van der Waals surface area contributed by atoms with Crippen molar-refractivity contribution in [2.24, 2.45) is 5.92 Å². The predicted molar refractivity (Wildman–Crippen MR) is 71.2 cm³/mol. The van der Waals surface area contributed by atoms with E-state index < -0.39 is 5.97 Å². The normalized spacial score (nSPS) is 10.6. The Morgan fingerprint density at radius 3 is 2.28 bits per heavy atom. The van der Waals surface area contributed by atoms with E-state index in [0.717, 1.165) is 11.8 Å². The van der Waals surface area contributed by atoms with E-state index in [9.17, 15) is 14.4 Å². The number of rotatable bonds is 7. The van der Waals surface area contributed by atoms with Gasteiger partial charge in [-0.05, 0) is 13.8 Å². The maximum atomic E-state index is 11.4. The largest absolute Gasteiger partial charge is 0.463 e. The van der Waals surface area contributed by atoms with Crippen LogP contribution in [0.4, 0.5) is 0 Å². The van der Waals surface area contributed by atoms with Crippen molar-refractivity contribution in [3.05, 3.63) is 0 Å². The van der Waals surface area contributed by atoms with Gasteiger partial charge in [-0.3, -0.25) is 14.4 Å². The van der Waals surface area contributed by atoms with Gasteiger partial charge in [0.25, 0.3) is 0 Å². The number of carbonyl (C=O) groups excluding carboxylic acids is 3. The van der Waals surface area contributed by atoms with Crippen LogP contribution in [-0.2, 0) is 19.1 Å². The van der Waals surface area contributed by atoms with Gasteiger partial charge in [0.2, 0.25) is 5.91 Å². The molecule has 0 aromatic carbocycles. The van der Waals surface area contributed by atoms with Crippen LogP contribution >= 0.6 is 11.8 Å². The molecule has 0 aliphatic carbocycles. The molecule has 0 radical (unpaired) electrons. The molecular weight excluding hydrogens is 254 g/mol. The summed E-state index contributed by atoms with van der Waals surface area (Å²) in [6, 6.07) is 0. The molecule has 6 heteroatoms. The maximum Gasteiger partial charge on any atom is 0.314 e. The lowest BCUT2D eigenvalue weighted by molar-refractivity contribution is -0.148. The smallest absolute Gasteiger partial charge is 0.314 e. The van der Waals surface area contributed by atoms with Gasteiger partial charge in [0, 0.05) is 18.2 Å². The summed E-state index contributed by atoms with van der Waals surface area (Å²) in [5.74, 6) is -0.144. The average molecular weight is 275 g/mol. The third-order valence-corrected chi connectivity index (χ3v) is 2.72. The molecule has 0 saturated heterocycles. The quantitative estimate of drug-likeness (QED) is 0.431. The topological polar surface area (TPSA) is 72.5 Å². The zero-order valence-corrected chi connectivity index (χ0v) is 12.1. The highest BCUT2D eigenvalue weighted by Gasteiger charge is 2.13. The number of ether oxygens (including phenoxy) is 1. The Labute approximate surface area is 112 Å². The summed E-state index contributed by atoms with van der Waals surface area (Å²) in [7, 11) is 0. The van der Waals surface area contributed by atoms with Gasteiger partial charge in [-0.2, -0.15) is 0 Å². The van der Waals surface area contributed by atoms with Gasteiger partial charge in [-0.15, -0.1) is 0 Å². The van der Waals surface area contributed by atoms with Crippen molar-refractivity contribution < 1.29 is 19.1 Å². The number of hydrogen-bond donors (Lipinski definition) is 1. The molecule has 0 spiro atoms. The molecule has 104 valence electrons. The average Bonchev–Trinajstić information content (AvgIpc) is 2.22. The number of nitrogens with one attached hydrogen (secondary N) is 1. The number of amides is 1. The second-order valence-corrected chi connectivity index (χ2v) is 5.53. The summed E-state index contributed by atoms with van der Waals surface area (Å²) >= 11 is 1.03.